The molecule has 0 saturated carbocycles. The molecule has 0 saturated heterocycles. The second-order valence-corrected chi connectivity index (χ2v) is 7.30. The minimum Gasteiger partial charge on any atom is -0.305 e. The van der Waals surface area contributed by atoms with Crippen molar-refractivity contribution < 1.29 is 18.0 Å². The monoisotopic (exact) mass is 400 g/mol. The van der Waals surface area contributed by atoms with Crippen molar-refractivity contribution in [3.63, 3.8) is 0 Å². The average molecular weight is 400 g/mol. The van der Waals surface area contributed by atoms with E-state index >= 15 is 0 Å². The topological polar surface area (TPSA) is 51.0 Å². The smallest absolute Gasteiger partial charge is 0.305 e. The van der Waals surface area contributed by atoms with E-state index in [1.165, 1.54) is 17.0 Å². The average Bonchev–Trinajstić information content (AvgIpc) is 3.09. The number of benzene rings is 1. The number of aromatic nitrogens is 3. The zero-order valence-electron chi connectivity index (χ0n) is 16.2. The Bertz CT molecular complexity index is 1070. The summed E-state index contributed by atoms with van der Waals surface area (Å²) in [6.45, 7) is 6.01. The number of hydrogen-bond acceptors (Lipinski definition) is 3. The summed E-state index contributed by atoms with van der Waals surface area (Å²) in [5.41, 5.74) is 3.29. The van der Waals surface area contributed by atoms with Crippen molar-refractivity contribution in [3.05, 3.63) is 65.2 Å². The van der Waals surface area contributed by atoms with Crippen LogP contribution in [0.1, 0.15) is 40.4 Å². The van der Waals surface area contributed by atoms with Crippen molar-refractivity contribution in [2.75, 3.05) is 11.4 Å². The van der Waals surface area contributed by atoms with Gasteiger partial charge in [-0.3, -0.25) is 14.5 Å². The van der Waals surface area contributed by atoms with Gasteiger partial charge in [0, 0.05) is 29.2 Å². The second-order valence-electron chi connectivity index (χ2n) is 7.30. The van der Waals surface area contributed by atoms with Crippen LogP contribution in [0.5, 0.6) is 0 Å². The summed E-state index contributed by atoms with van der Waals surface area (Å²) in [4.78, 5) is 19.2. The lowest BCUT2D eigenvalue weighted by atomic mass is 10.0. The largest absolute Gasteiger partial charge is 0.416 e. The number of halogens is 3. The Balaban J connectivity index is 1.76. The molecule has 0 bridgehead atoms. The molecule has 3 aromatic rings. The SMILES string of the molecule is Cc1cc(-c2cnn3c2C(=O)N(c2ccc(C(F)(F)F)cc2)CC3C)cc(C)n1. The molecule has 1 atom stereocenters. The Hall–Kier alpha value is -3.16. The van der Waals surface area contributed by atoms with Crippen LogP contribution in [0.15, 0.2) is 42.6 Å². The Labute approximate surface area is 165 Å². The third kappa shape index (κ3) is 3.39. The van der Waals surface area contributed by atoms with Crippen LogP contribution in [0.2, 0.25) is 0 Å². The Kier molecular flexibility index (Phi) is 4.44. The quantitative estimate of drug-likeness (QED) is 0.621. The summed E-state index contributed by atoms with van der Waals surface area (Å²) in [5, 5.41) is 4.40. The van der Waals surface area contributed by atoms with E-state index in [-0.39, 0.29) is 11.9 Å². The molecule has 1 aromatic carbocycles. The molecule has 0 spiro atoms. The van der Waals surface area contributed by atoms with Gasteiger partial charge in [0.2, 0.25) is 0 Å². The van der Waals surface area contributed by atoms with Gasteiger partial charge in [0.1, 0.15) is 5.69 Å². The molecular weight excluding hydrogens is 381 g/mol. The first kappa shape index (κ1) is 19.2. The third-order valence-electron chi connectivity index (χ3n) is 5.01. The first-order valence-electron chi connectivity index (χ1n) is 9.17. The lowest BCUT2D eigenvalue weighted by Crippen LogP contribution is -2.42. The maximum Gasteiger partial charge on any atom is 0.416 e. The fourth-order valence-corrected chi connectivity index (χ4v) is 3.72. The standard InChI is InChI=1S/C21H19F3N4O/c1-12-8-15(9-13(2)26-12)18-10-25-28-14(3)11-27(20(29)19(18)28)17-6-4-16(5-7-17)21(22,23)24/h4-10,14H,11H2,1-3H3. The number of alkyl halides is 3. The van der Waals surface area contributed by atoms with Crippen molar-refractivity contribution >= 4 is 11.6 Å². The zero-order chi connectivity index (χ0) is 20.9. The van der Waals surface area contributed by atoms with Gasteiger partial charge < -0.3 is 4.90 Å². The Morgan fingerprint density at radius 3 is 2.28 bits per heavy atom. The molecule has 1 amide bonds. The minimum atomic E-state index is -4.42. The number of carbonyl (C=O) groups is 1. The van der Waals surface area contributed by atoms with Gasteiger partial charge >= 0.3 is 6.18 Å². The summed E-state index contributed by atoms with van der Waals surface area (Å²) < 4.78 is 40.3. The molecule has 29 heavy (non-hydrogen) atoms. The van der Waals surface area contributed by atoms with Crippen molar-refractivity contribution in [1.29, 1.82) is 0 Å². The van der Waals surface area contributed by atoms with Gasteiger partial charge in [-0.1, -0.05) is 0 Å². The number of nitrogens with zero attached hydrogens (tertiary/aromatic N) is 4. The number of amides is 1. The fourth-order valence-electron chi connectivity index (χ4n) is 3.72. The van der Waals surface area contributed by atoms with Gasteiger partial charge in [0.05, 0.1) is 17.8 Å². The van der Waals surface area contributed by atoms with Crippen molar-refractivity contribution in [1.82, 2.24) is 14.8 Å². The van der Waals surface area contributed by atoms with Gasteiger partial charge in [0.25, 0.3) is 5.91 Å². The van der Waals surface area contributed by atoms with Crippen molar-refractivity contribution in [2.24, 2.45) is 0 Å². The fraction of sp³-hybridized carbons (Fsp3) is 0.286. The second kappa shape index (κ2) is 6.72. The molecule has 4 rings (SSSR count). The van der Waals surface area contributed by atoms with E-state index in [9.17, 15) is 18.0 Å². The molecule has 2 aromatic heterocycles. The van der Waals surface area contributed by atoms with Crippen LogP contribution in [0.25, 0.3) is 11.1 Å². The van der Waals surface area contributed by atoms with Crippen molar-refractivity contribution in [2.45, 2.75) is 33.0 Å². The molecule has 150 valence electrons. The molecule has 0 radical (unpaired) electrons. The highest BCUT2D eigenvalue weighted by Crippen LogP contribution is 2.35. The number of carbonyl (C=O) groups excluding carboxylic acids is 1. The normalized spacial score (nSPS) is 16.8. The molecular formula is C21H19F3N4O. The summed E-state index contributed by atoms with van der Waals surface area (Å²) >= 11 is 0. The molecule has 3 heterocycles. The Morgan fingerprint density at radius 2 is 1.69 bits per heavy atom. The van der Waals surface area contributed by atoms with E-state index in [0.29, 0.717) is 23.5 Å². The number of fused-ring (bicyclic) bond motifs is 1. The van der Waals surface area contributed by atoms with Gasteiger partial charge in [-0.2, -0.15) is 18.3 Å². The van der Waals surface area contributed by atoms with Gasteiger partial charge in [-0.15, -0.1) is 0 Å². The number of rotatable bonds is 2. The van der Waals surface area contributed by atoms with Gasteiger partial charge in [0.15, 0.2) is 0 Å². The van der Waals surface area contributed by atoms with Crippen LogP contribution in [0.4, 0.5) is 18.9 Å². The molecule has 5 nitrogen and oxygen atoms in total. The zero-order valence-corrected chi connectivity index (χ0v) is 16.2. The van der Waals surface area contributed by atoms with E-state index in [0.717, 1.165) is 29.1 Å². The number of anilines is 1. The third-order valence-corrected chi connectivity index (χ3v) is 5.01. The highest BCUT2D eigenvalue weighted by molar-refractivity contribution is 6.09. The van der Waals surface area contributed by atoms with E-state index in [1.807, 2.05) is 32.9 Å². The molecule has 1 aliphatic heterocycles. The van der Waals surface area contributed by atoms with Crippen LogP contribution in [0, 0.1) is 13.8 Å². The lowest BCUT2D eigenvalue weighted by Gasteiger charge is -2.32. The van der Waals surface area contributed by atoms with Gasteiger partial charge in [-0.25, -0.2) is 0 Å². The van der Waals surface area contributed by atoms with Crippen LogP contribution >= 0.6 is 0 Å². The summed E-state index contributed by atoms with van der Waals surface area (Å²) in [6, 6.07) is 8.31. The summed E-state index contributed by atoms with van der Waals surface area (Å²) in [5.74, 6) is -0.289. The minimum absolute atomic E-state index is 0.122. The predicted molar refractivity (Wildman–Crippen MR) is 103 cm³/mol. The lowest BCUT2D eigenvalue weighted by molar-refractivity contribution is -0.137. The van der Waals surface area contributed by atoms with E-state index in [1.54, 1.807) is 10.9 Å². The summed E-state index contributed by atoms with van der Waals surface area (Å²) in [7, 11) is 0. The number of aryl methyl sites for hydroxylation is 2. The predicted octanol–water partition coefficient (Wildman–Crippen LogP) is 4.80. The summed E-state index contributed by atoms with van der Waals surface area (Å²) in [6.07, 6.45) is -2.76. The first-order chi connectivity index (χ1) is 13.6. The molecule has 0 N–H and O–H groups in total. The highest BCUT2D eigenvalue weighted by Gasteiger charge is 2.35. The number of hydrogen-bond donors (Lipinski definition) is 0. The van der Waals surface area contributed by atoms with Crippen LogP contribution in [-0.4, -0.2) is 27.2 Å². The molecule has 0 aliphatic carbocycles. The highest BCUT2D eigenvalue weighted by atomic mass is 19.4. The van der Waals surface area contributed by atoms with Gasteiger partial charge in [-0.05, 0) is 62.7 Å². The first-order valence-corrected chi connectivity index (χ1v) is 9.17. The van der Waals surface area contributed by atoms with E-state index in [4.69, 9.17) is 0 Å². The maximum atomic E-state index is 13.3. The molecule has 1 unspecified atom stereocenters. The van der Waals surface area contributed by atoms with E-state index in [2.05, 4.69) is 10.1 Å². The maximum absolute atomic E-state index is 13.3. The van der Waals surface area contributed by atoms with Crippen LogP contribution in [-0.2, 0) is 6.18 Å². The van der Waals surface area contributed by atoms with Crippen LogP contribution < -0.4 is 4.90 Å². The molecule has 8 heteroatoms. The van der Waals surface area contributed by atoms with Crippen molar-refractivity contribution in [3.8, 4) is 11.1 Å². The Morgan fingerprint density at radius 1 is 1.07 bits per heavy atom. The van der Waals surface area contributed by atoms with E-state index < -0.39 is 11.7 Å². The molecule has 0 fully saturated rings. The molecule has 1 aliphatic rings. The number of pyridine rings is 1. The van der Waals surface area contributed by atoms with Crippen LogP contribution in [0.3, 0.4) is 0 Å².